The molecular weight excluding hydrogens is 176 g/mol. The lowest BCUT2D eigenvalue weighted by Crippen LogP contribution is -1.99. The second-order valence-electron chi connectivity index (χ2n) is 2.99. The summed E-state index contributed by atoms with van der Waals surface area (Å²) < 4.78 is 4.75. The lowest BCUT2D eigenvalue weighted by molar-refractivity contribution is -0.140. The largest absolute Gasteiger partial charge is 0.466 e. The van der Waals surface area contributed by atoms with Crippen LogP contribution in [0.1, 0.15) is 26.2 Å². The van der Waals surface area contributed by atoms with E-state index in [2.05, 4.69) is 0 Å². The van der Waals surface area contributed by atoms with Gasteiger partial charge in [-0.15, -0.1) is 0 Å². The van der Waals surface area contributed by atoms with Crippen LogP contribution in [0.2, 0.25) is 0 Å². The van der Waals surface area contributed by atoms with Gasteiger partial charge in [-0.25, -0.2) is 0 Å². The summed E-state index contributed by atoms with van der Waals surface area (Å²) in [5.74, 6) is 0.370. The van der Waals surface area contributed by atoms with Crippen LogP contribution in [-0.4, -0.2) is 12.6 Å². The Morgan fingerprint density at radius 1 is 1.67 bits per heavy atom. The maximum Gasteiger partial charge on any atom is 0.302 e. The number of carbonyl (C=O) groups is 1. The normalized spacial score (nSPS) is 17.7. The molecule has 0 aromatic carbocycles. The first-order valence-corrected chi connectivity index (χ1v) is 4.57. The van der Waals surface area contributed by atoms with Gasteiger partial charge in [-0.05, 0) is 18.8 Å². The van der Waals surface area contributed by atoms with Gasteiger partial charge in [-0.3, -0.25) is 4.79 Å². The van der Waals surface area contributed by atoms with Crippen LogP contribution < -0.4 is 0 Å². The van der Waals surface area contributed by atoms with Crippen molar-refractivity contribution >= 4 is 17.6 Å². The molecule has 0 atom stereocenters. The fraction of sp³-hybridized carbons (Fsp3) is 0.667. The lowest BCUT2D eigenvalue weighted by atomic mass is 10.3. The van der Waals surface area contributed by atoms with E-state index in [0.717, 1.165) is 11.5 Å². The molecule has 3 heteroatoms. The van der Waals surface area contributed by atoms with Gasteiger partial charge in [0.15, 0.2) is 0 Å². The molecule has 1 aliphatic rings. The molecule has 1 saturated carbocycles. The number of esters is 1. The van der Waals surface area contributed by atoms with Crippen molar-refractivity contribution in [2.45, 2.75) is 26.2 Å². The van der Waals surface area contributed by atoms with E-state index in [9.17, 15) is 4.79 Å². The zero-order chi connectivity index (χ0) is 8.97. The van der Waals surface area contributed by atoms with Gasteiger partial charge in [0.1, 0.15) is 0 Å². The van der Waals surface area contributed by atoms with Gasteiger partial charge in [0, 0.05) is 18.4 Å². The first-order valence-electron chi connectivity index (χ1n) is 4.19. The molecular formula is C9H13ClO2. The Morgan fingerprint density at radius 2 is 2.33 bits per heavy atom. The average Bonchev–Trinajstić information content (AvgIpc) is 2.79. The molecule has 0 unspecified atom stereocenters. The predicted octanol–water partition coefficient (Wildman–Crippen LogP) is 2.47. The van der Waals surface area contributed by atoms with Gasteiger partial charge in [0.25, 0.3) is 0 Å². The molecule has 0 aliphatic heterocycles. The molecule has 68 valence electrons. The number of carbonyl (C=O) groups excluding carboxylic acids is 1. The second kappa shape index (κ2) is 4.51. The van der Waals surface area contributed by atoms with Crippen LogP contribution in [0.15, 0.2) is 11.1 Å². The minimum absolute atomic E-state index is 0.231. The Balaban J connectivity index is 2.07. The molecule has 0 spiro atoms. The molecule has 1 aliphatic carbocycles. The van der Waals surface area contributed by atoms with Crippen LogP contribution in [0.4, 0.5) is 0 Å². The van der Waals surface area contributed by atoms with E-state index in [0.29, 0.717) is 12.5 Å². The molecule has 0 aromatic heterocycles. The summed E-state index contributed by atoms with van der Waals surface area (Å²) in [6.07, 6.45) is 5.10. The zero-order valence-electron chi connectivity index (χ0n) is 7.18. The molecule has 0 aromatic rings. The lowest BCUT2D eigenvalue weighted by Gasteiger charge is -1.98. The van der Waals surface area contributed by atoms with Crippen LogP contribution in [0.25, 0.3) is 0 Å². The standard InChI is InChI=1S/C9H13ClO2/c1-7(11)12-6-2-3-9(10)8-4-5-8/h3,8H,2,4-6H2,1H3/b9-3+. The number of ether oxygens (including phenoxy) is 1. The van der Waals surface area contributed by atoms with Crippen molar-refractivity contribution in [3.05, 3.63) is 11.1 Å². The van der Waals surface area contributed by atoms with E-state index in [1.807, 2.05) is 6.08 Å². The summed E-state index contributed by atoms with van der Waals surface area (Å²) in [5, 5.41) is 0.933. The predicted molar refractivity (Wildman–Crippen MR) is 47.9 cm³/mol. The maximum atomic E-state index is 10.4. The van der Waals surface area contributed by atoms with Gasteiger partial charge in [0.2, 0.25) is 0 Å². The molecule has 0 bridgehead atoms. The molecule has 0 amide bonds. The van der Waals surface area contributed by atoms with Crippen molar-refractivity contribution in [2.24, 2.45) is 5.92 Å². The Hall–Kier alpha value is -0.500. The van der Waals surface area contributed by atoms with Crippen LogP contribution >= 0.6 is 11.6 Å². The molecule has 1 rings (SSSR count). The quantitative estimate of drug-likeness (QED) is 0.501. The number of halogens is 1. The van der Waals surface area contributed by atoms with Crippen molar-refractivity contribution in [1.82, 2.24) is 0 Å². The minimum Gasteiger partial charge on any atom is -0.466 e. The summed E-state index contributed by atoms with van der Waals surface area (Å²) in [7, 11) is 0. The number of hydrogen-bond acceptors (Lipinski definition) is 2. The summed E-state index contributed by atoms with van der Waals surface area (Å²) in [4.78, 5) is 10.4. The summed E-state index contributed by atoms with van der Waals surface area (Å²) in [5.41, 5.74) is 0. The fourth-order valence-electron chi connectivity index (χ4n) is 0.925. The van der Waals surface area contributed by atoms with E-state index in [4.69, 9.17) is 16.3 Å². The number of hydrogen-bond donors (Lipinski definition) is 0. The van der Waals surface area contributed by atoms with Crippen molar-refractivity contribution in [3.63, 3.8) is 0 Å². The zero-order valence-corrected chi connectivity index (χ0v) is 7.93. The highest BCUT2D eigenvalue weighted by molar-refractivity contribution is 6.30. The highest BCUT2D eigenvalue weighted by Crippen LogP contribution is 2.38. The topological polar surface area (TPSA) is 26.3 Å². The van der Waals surface area contributed by atoms with E-state index >= 15 is 0 Å². The Morgan fingerprint density at radius 3 is 2.83 bits per heavy atom. The van der Waals surface area contributed by atoms with Crippen molar-refractivity contribution < 1.29 is 9.53 Å². The van der Waals surface area contributed by atoms with Gasteiger partial charge >= 0.3 is 5.97 Å². The molecule has 0 N–H and O–H groups in total. The third-order valence-electron chi connectivity index (χ3n) is 1.73. The van der Waals surface area contributed by atoms with Crippen LogP contribution in [-0.2, 0) is 9.53 Å². The van der Waals surface area contributed by atoms with Crippen molar-refractivity contribution in [1.29, 1.82) is 0 Å². The third kappa shape index (κ3) is 3.77. The summed E-state index contributed by atoms with van der Waals surface area (Å²) >= 11 is 5.91. The Bertz CT molecular complexity index is 195. The SMILES string of the molecule is CC(=O)OCC/C=C(/Cl)C1CC1. The van der Waals surface area contributed by atoms with Gasteiger partial charge in [-0.2, -0.15) is 0 Å². The summed E-state index contributed by atoms with van der Waals surface area (Å²) in [6.45, 7) is 1.85. The van der Waals surface area contributed by atoms with Gasteiger partial charge in [0.05, 0.1) is 6.61 Å². The van der Waals surface area contributed by atoms with Crippen molar-refractivity contribution in [3.8, 4) is 0 Å². The van der Waals surface area contributed by atoms with Crippen LogP contribution in [0.3, 0.4) is 0 Å². The Labute approximate surface area is 77.5 Å². The van der Waals surface area contributed by atoms with E-state index < -0.39 is 0 Å². The third-order valence-corrected chi connectivity index (χ3v) is 2.19. The van der Waals surface area contributed by atoms with Gasteiger partial charge < -0.3 is 4.74 Å². The van der Waals surface area contributed by atoms with E-state index in [1.54, 1.807) is 0 Å². The van der Waals surface area contributed by atoms with E-state index in [1.165, 1.54) is 19.8 Å². The average molecular weight is 189 g/mol. The maximum absolute atomic E-state index is 10.4. The van der Waals surface area contributed by atoms with Crippen LogP contribution in [0, 0.1) is 5.92 Å². The molecule has 0 radical (unpaired) electrons. The number of allylic oxidation sites excluding steroid dienone is 1. The van der Waals surface area contributed by atoms with Gasteiger partial charge in [-0.1, -0.05) is 17.7 Å². The highest BCUT2D eigenvalue weighted by atomic mass is 35.5. The molecule has 0 saturated heterocycles. The Kier molecular flexibility index (Phi) is 3.60. The molecule has 1 fully saturated rings. The second-order valence-corrected chi connectivity index (χ2v) is 3.43. The van der Waals surface area contributed by atoms with Crippen LogP contribution in [0.5, 0.6) is 0 Å². The first-order chi connectivity index (χ1) is 5.70. The molecule has 0 heterocycles. The fourth-order valence-corrected chi connectivity index (χ4v) is 1.25. The molecule has 12 heavy (non-hydrogen) atoms. The highest BCUT2D eigenvalue weighted by Gasteiger charge is 2.24. The minimum atomic E-state index is -0.231. The first kappa shape index (κ1) is 9.59. The summed E-state index contributed by atoms with van der Waals surface area (Å²) in [6, 6.07) is 0. The number of rotatable bonds is 4. The monoisotopic (exact) mass is 188 g/mol. The van der Waals surface area contributed by atoms with Crippen molar-refractivity contribution in [2.75, 3.05) is 6.61 Å². The molecule has 2 nitrogen and oxygen atoms in total. The smallest absolute Gasteiger partial charge is 0.302 e. The van der Waals surface area contributed by atoms with E-state index in [-0.39, 0.29) is 5.97 Å².